The minimum absolute atomic E-state index is 0.162. The van der Waals surface area contributed by atoms with Gasteiger partial charge in [0.15, 0.2) is 5.16 Å². The number of esters is 1. The van der Waals surface area contributed by atoms with Crippen LogP contribution in [0.25, 0.3) is 0 Å². The number of carbonyl (C=O) groups is 2. The van der Waals surface area contributed by atoms with Crippen LogP contribution in [0.3, 0.4) is 0 Å². The number of nitrogens with zero attached hydrogens (tertiary/aromatic N) is 3. The van der Waals surface area contributed by atoms with Gasteiger partial charge in [0.25, 0.3) is 0 Å². The molecule has 4 rings (SSSR count). The maximum atomic E-state index is 12.8. The van der Waals surface area contributed by atoms with Gasteiger partial charge in [-0.3, -0.25) is 4.79 Å². The molecule has 170 valence electrons. The van der Waals surface area contributed by atoms with Crippen LogP contribution in [-0.4, -0.2) is 39.0 Å². The SMILES string of the molecule is CCOC(=O)c1c(NC(=O)CSc2nnc(Cc3cccs3)n2CC)sc2c1CCCC2. The molecule has 0 aromatic carbocycles. The number of hydrogen-bond donors (Lipinski definition) is 1. The second kappa shape index (κ2) is 10.6. The largest absolute Gasteiger partial charge is 0.462 e. The number of aryl methyl sites for hydroxylation is 1. The highest BCUT2D eigenvalue weighted by Crippen LogP contribution is 2.38. The molecule has 32 heavy (non-hydrogen) atoms. The van der Waals surface area contributed by atoms with Crippen molar-refractivity contribution in [2.24, 2.45) is 0 Å². The van der Waals surface area contributed by atoms with Crippen LogP contribution < -0.4 is 5.32 Å². The number of carbonyl (C=O) groups excluding carboxylic acids is 2. The second-order valence-electron chi connectivity index (χ2n) is 7.37. The third kappa shape index (κ3) is 5.07. The van der Waals surface area contributed by atoms with E-state index in [0.29, 0.717) is 17.2 Å². The summed E-state index contributed by atoms with van der Waals surface area (Å²) in [6.07, 6.45) is 4.70. The van der Waals surface area contributed by atoms with Gasteiger partial charge in [0.2, 0.25) is 5.91 Å². The van der Waals surface area contributed by atoms with E-state index in [1.54, 1.807) is 18.3 Å². The van der Waals surface area contributed by atoms with E-state index in [0.717, 1.165) is 55.2 Å². The first-order valence-corrected chi connectivity index (χ1v) is 13.5. The van der Waals surface area contributed by atoms with Crippen LogP contribution in [0.2, 0.25) is 0 Å². The van der Waals surface area contributed by atoms with E-state index in [1.165, 1.54) is 32.9 Å². The molecule has 1 N–H and O–H groups in total. The summed E-state index contributed by atoms with van der Waals surface area (Å²) in [5, 5.41) is 15.0. The van der Waals surface area contributed by atoms with Crippen molar-refractivity contribution < 1.29 is 14.3 Å². The second-order valence-corrected chi connectivity index (χ2v) is 10.5. The highest BCUT2D eigenvalue weighted by Gasteiger charge is 2.27. The molecular formula is C22H26N4O3S3. The Hall–Kier alpha value is -2.17. The zero-order valence-electron chi connectivity index (χ0n) is 18.2. The Kier molecular flexibility index (Phi) is 7.64. The summed E-state index contributed by atoms with van der Waals surface area (Å²) < 4.78 is 7.32. The first-order valence-electron chi connectivity index (χ1n) is 10.8. The summed E-state index contributed by atoms with van der Waals surface area (Å²) in [5.41, 5.74) is 1.59. The lowest BCUT2D eigenvalue weighted by Crippen LogP contribution is -2.17. The maximum absolute atomic E-state index is 12.8. The van der Waals surface area contributed by atoms with Crippen LogP contribution in [0, 0.1) is 0 Å². The number of nitrogens with one attached hydrogen (secondary N) is 1. The van der Waals surface area contributed by atoms with E-state index in [-0.39, 0.29) is 17.6 Å². The zero-order valence-corrected chi connectivity index (χ0v) is 20.6. The molecule has 3 aromatic heterocycles. The van der Waals surface area contributed by atoms with E-state index < -0.39 is 0 Å². The lowest BCUT2D eigenvalue weighted by molar-refractivity contribution is -0.113. The average molecular weight is 491 g/mol. The molecule has 7 nitrogen and oxygen atoms in total. The molecule has 1 aliphatic rings. The van der Waals surface area contributed by atoms with Gasteiger partial charge in [-0.1, -0.05) is 17.8 Å². The zero-order chi connectivity index (χ0) is 22.5. The summed E-state index contributed by atoms with van der Waals surface area (Å²) in [7, 11) is 0. The molecule has 3 aromatic rings. The van der Waals surface area contributed by atoms with Gasteiger partial charge >= 0.3 is 5.97 Å². The predicted octanol–water partition coefficient (Wildman–Crippen LogP) is 4.80. The predicted molar refractivity (Wildman–Crippen MR) is 129 cm³/mol. The van der Waals surface area contributed by atoms with Crippen LogP contribution in [0.1, 0.15) is 58.2 Å². The fourth-order valence-corrected chi connectivity index (χ4v) is 6.63. The molecule has 0 radical (unpaired) electrons. The van der Waals surface area contributed by atoms with Crippen LogP contribution in [-0.2, 0) is 35.3 Å². The van der Waals surface area contributed by atoms with Crippen molar-refractivity contribution in [3.63, 3.8) is 0 Å². The number of aromatic nitrogens is 3. The number of ether oxygens (including phenoxy) is 1. The Morgan fingerprint density at radius 2 is 2.09 bits per heavy atom. The lowest BCUT2D eigenvalue weighted by atomic mass is 9.95. The molecule has 1 aliphatic carbocycles. The van der Waals surface area contributed by atoms with Crippen LogP contribution >= 0.6 is 34.4 Å². The quantitative estimate of drug-likeness (QED) is 0.343. The normalized spacial score (nSPS) is 13.1. The number of hydrogen-bond acceptors (Lipinski definition) is 8. The standard InChI is InChI=1S/C22H26N4O3S3/c1-3-26-17(12-14-8-7-11-30-14)24-25-22(26)31-13-18(27)23-20-19(21(28)29-4-2)15-9-5-6-10-16(15)32-20/h7-8,11H,3-6,9-10,12-13H2,1-2H3,(H,23,27). The van der Waals surface area contributed by atoms with E-state index in [2.05, 4.69) is 27.0 Å². The van der Waals surface area contributed by atoms with Gasteiger partial charge in [0.1, 0.15) is 10.8 Å². The lowest BCUT2D eigenvalue weighted by Gasteiger charge is -2.12. The Balaban J connectivity index is 1.44. The molecule has 0 saturated heterocycles. The Morgan fingerprint density at radius 3 is 2.84 bits per heavy atom. The third-order valence-corrected chi connectivity index (χ3v) is 8.31. The molecule has 10 heteroatoms. The van der Waals surface area contributed by atoms with Gasteiger partial charge < -0.3 is 14.6 Å². The Labute approximate surface area is 199 Å². The summed E-state index contributed by atoms with van der Waals surface area (Å²) in [6, 6.07) is 4.11. The molecule has 0 atom stereocenters. The molecular weight excluding hydrogens is 464 g/mol. The number of thioether (sulfide) groups is 1. The van der Waals surface area contributed by atoms with Crippen LogP contribution in [0.15, 0.2) is 22.7 Å². The van der Waals surface area contributed by atoms with Gasteiger partial charge in [-0.2, -0.15) is 0 Å². The van der Waals surface area contributed by atoms with Crippen molar-refractivity contribution in [2.45, 2.75) is 57.7 Å². The highest BCUT2D eigenvalue weighted by molar-refractivity contribution is 7.99. The molecule has 0 spiro atoms. The number of amides is 1. The number of rotatable bonds is 9. The van der Waals surface area contributed by atoms with Crippen molar-refractivity contribution >= 4 is 51.3 Å². The first kappa shape index (κ1) is 23.0. The number of fused-ring (bicyclic) bond motifs is 1. The van der Waals surface area contributed by atoms with Gasteiger partial charge in [-0.15, -0.1) is 32.9 Å². The van der Waals surface area contributed by atoms with Gasteiger partial charge in [0.05, 0.1) is 17.9 Å². The summed E-state index contributed by atoms with van der Waals surface area (Å²) in [4.78, 5) is 27.8. The fraction of sp³-hybridized carbons (Fsp3) is 0.455. The van der Waals surface area contributed by atoms with Crippen molar-refractivity contribution in [3.05, 3.63) is 44.2 Å². The molecule has 3 heterocycles. The fourth-order valence-electron chi connectivity index (χ4n) is 3.81. The molecule has 0 aliphatic heterocycles. The highest BCUT2D eigenvalue weighted by atomic mass is 32.2. The van der Waals surface area contributed by atoms with Crippen molar-refractivity contribution in [3.8, 4) is 0 Å². The number of thiophene rings is 2. The van der Waals surface area contributed by atoms with Crippen LogP contribution in [0.5, 0.6) is 0 Å². The van der Waals surface area contributed by atoms with Crippen molar-refractivity contribution in [2.75, 3.05) is 17.7 Å². The number of anilines is 1. The van der Waals surface area contributed by atoms with Crippen molar-refractivity contribution in [1.29, 1.82) is 0 Å². The Bertz CT molecular complexity index is 1090. The molecule has 0 bridgehead atoms. The average Bonchev–Trinajstić information content (AvgIpc) is 3.51. The first-order chi connectivity index (χ1) is 15.6. The molecule has 0 unspecified atom stereocenters. The monoisotopic (exact) mass is 490 g/mol. The smallest absolute Gasteiger partial charge is 0.341 e. The summed E-state index contributed by atoms with van der Waals surface area (Å²) in [5.74, 6) is 0.582. The van der Waals surface area contributed by atoms with Gasteiger partial charge in [-0.05, 0) is 56.5 Å². The molecule has 0 saturated carbocycles. The molecule has 0 fully saturated rings. The third-order valence-electron chi connectivity index (χ3n) is 5.26. The molecule has 1 amide bonds. The van der Waals surface area contributed by atoms with Crippen LogP contribution in [0.4, 0.5) is 5.00 Å². The van der Waals surface area contributed by atoms with Gasteiger partial charge in [0, 0.05) is 22.7 Å². The minimum Gasteiger partial charge on any atom is -0.462 e. The van der Waals surface area contributed by atoms with E-state index in [4.69, 9.17) is 4.74 Å². The van der Waals surface area contributed by atoms with Gasteiger partial charge in [-0.25, -0.2) is 4.79 Å². The Morgan fingerprint density at radius 1 is 1.25 bits per heavy atom. The minimum atomic E-state index is -0.348. The van der Waals surface area contributed by atoms with E-state index in [9.17, 15) is 9.59 Å². The maximum Gasteiger partial charge on any atom is 0.341 e. The summed E-state index contributed by atoms with van der Waals surface area (Å²) in [6.45, 7) is 4.89. The summed E-state index contributed by atoms with van der Waals surface area (Å²) >= 11 is 4.56. The topological polar surface area (TPSA) is 86.1 Å². The van der Waals surface area contributed by atoms with E-state index in [1.807, 2.05) is 17.6 Å². The van der Waals surface area contributed by atoms with Crippen molar-refractivity contribution in [1.82, 2.24) is 14.8 Å². The van der Waals surface area contributed by atoms with E-state index >= 15 is 0 Å².